The molecular formula is C35H38ClNO3S. The molecule has 3 aromatic carbocycles. The molecule has 0 fully saturated rings. The van der Waals surface area contributed by atoms with Gasteiger partial charge in [0.1, 0.15) is 0 Å². The number of benzene rings is 3. The quantitative estimate of drug-likeness (QED) is 0.163. The first-order chi connectivity index (χ1) is 19.6. The Bertz CT molecular complexity index is 1510. The van der Waals surface area contributed by atoms with Crippen molar-refractivity contribution in [1.29, 1.82) is 0 Å². The van der Waals surface area contributed by atoms with Gasteiger partial charge < -0.3 is 10.2 Å². The highest BCUT2D eigenvalue weighted by Gasteiger charge is 2.24. The topological polar surface area (TPSA) is 70.4 Å². The number of rotatable bonds is 13. The average Bonchev–Trinajstić information content (AvgIpc) is 2.91. The summed E-state index contributed by atoms with van der Waals surface area (Å²) in [5.41, 5.74) is 6.13. The van der Waals surface area contributed by atoms with Crippen LogP contribution in [0.15, 0.2) is 78.9 Å². The largest absolute Gasteiger partial charge is 0.481 e. The van der Waals surface area contributed by atoms with Crippen LogP contribution in [0, 0.1) is 5.41 Å². The molecule has 2 atom stereocenters. The number of hydrogen-bond acceptors (Lipinski definition) is 4. The summed E-state index contributed by atoms with van der Waals surface area (Å²) in [5.74, 6) is 0.0549. The molecule has 1 aromatic heterocycles. The van der Waals surface area contributed by atoms with Crippen LogP contribution in [0.4, 0.5) is 0 Å². The van der Waals surface area contributed by atoms with Crippen LogP contribution < -0.4 is 0 Å². The number of pyridine rings is 1. The van der Waals surface area contributed by atoms with Gasteiger partial charge in [-0.1, -0.05) is 92.2 Å². The molecule has 4 nitrogen and oxygen atoms in total. The predicted octanol–water partition coefficient (Wildman–Crippen LogP) is 9.24. The molecular weight excluding hydrogens is 550 g/mol. The number of aromatic nitrogens is 1. The van der Waals surface area contributed by atoms with E-state index in [1.54, 1.807) is 0 Å². The Morgan fingerprint density at radius 2 is 1.76 bits per heavy atom. The number of nitrogens with zero attached hydrogens (tertiary/aromatic N) is 1. The normalized spacial score (nSPS) is 13.5. The minimum absolute atomic E-state index is 0.147. The van der Waals surface area contributed by atoms with Gasteiger partial charge in [0, 0.05) is 21.4 Å². The lowest BCUT2D eigenvalue weighted by Crippen LogP contribution is -2.17. The molecule has 0 spiro atoms. The van der Waals surface area contributed by atoms with Crippen LogP contribution in [-0.4, -0.2) is 27.3 Å². The maximum Gasteiger partial charge on any atom is 0.303 e. The lowest BCUT2D eigenvalue weighted by atomic mass is 9.83. The summed E-state index contributed by atoms with van der Waals surface area (Å²) in [4.78, 5) is 16.2. The van der Waals surface area contributed by atoms with Gasteiger partial charge in [-0.15, -0.1) is 11.8 Å². The Morgan fingerprint density at radius 1 is 1.00 bits per heavy atom. The van der Waals surface area contributed by atoms with Gasteiger partial charge in [0.15, 0.2) is 0 Å². The van der Waals surface area contributed by atoms with Crippen LogP contribution in [0.2, 0.25) is 5.02 Å². The van der Waals surface area contributed by atoms with E-state index in [-0.39, 0.29) is 17.1 Å². The summed E-state index contributed by atoms with van der Waals surface area (Å²) in [5, 5.41) is 21.3. The fourth-order valence-corrected chi connectivity index (χ4v) is 6.47. The van der Waals surface area contributed by atoms with Crippen molar-refractivity contribution in [1.82, 2.24) is 4.98 Å². The van der Waals surface area contributed by atoms with E-state index in [1.165, 1.54) is 16.7 Å². The second kappa shape index (κ2) is 14.2. The van der Waals surface area contributed by atoms with Gasteiger partial charge in [0.25, 0.3) is 0 Å². The molecule has 2 N–H and O–H groups in total. The molecule has 4 aromatic rings. The summed E-state index contributed by atoms with van der Waals surface area (Å²) >= 11 is 8.04. The minimum Gasteiger partial charge on any atom is -0.481 e. The van der Waals surface area contributed by atoms with Crippen molar-refractivity contribution >= 4 is 52.4 Å². The van der Waals surface area contributed by atoms with Crippen molar-refractivity contribution in [3.05, 3.63) is 112 Å². The first-order valence-corrected chi connectivity index (χ1v) is 15.4. The molecule has 0 bridgehead atoms. The van der Waals surface area contributed by atoms with E-state index in [0.717, 1.165) is 40.8 Å². The van der Waals surface area contributed by atoms with Crippen molar-refractivity contribution in [3.8, 4) is 0 Å². The average molecular weight is 588 g/mol. The zero-order valence-corrected chi connectivity index (χ0v) is 25.5. The molecule has 0 saturated carbocycles. The van der Waals surface area contributed by atoms with Gasteiger partial charge in [0.2, 0.25) is 0 Å². The fourth-order valence-electron chi connectivity index (χ4n) is 5.02. The smallest absolute Gasteiger partial charge is 0.303 e. The molecule has 4 rings (SSSR count). The number of aliphatic hydroxyl groups excluding tert-OH is 1. The number of carboxylic acids is 1. The molecule has 6 heteroatoms. The van der Waals surface area contributed by atoms with E-state index in [4.69, 9.17) is 16.6 Å². The van der Waals surface area contributed by atoms with E-state index in [0.29, 0.717) is 11.4 Å². The number of aliphatic carboxylic acids is 1. The standard InChI is InChI=1S/C35H38ClNO3S/c1-24(38)19-27-8-4-5-9-29(27)23-41-33(17-18-35(2,3)22-34(39)40)28-10-6-7-25(20-28)11-15-31-16-13-26-12-14-30(36)21-32(26)37-31/h4-16,20-21,24,33,38H,17-19,22-23H2,1-3H3,(H,39,40). The highest BCUT2D eigenvalue weighted by Crippen LogP contribution is 2.40. The van der Waals surface area contributed by atoms with E-state index in [1.807, 2.05) is 75.0 Å². The highest BCUT2D eigenvalue weighted by molar-refractivity contribution is 7.98. The third-order valence-corrected chi connectivity index (χ3v) is 8.81. The molecule has 0 radical (unpaired) electrons. The molecule has 0 aliphatic carbocycles. The number of thioether (sulfide) groups is 1. The van der Waals surface area contributed by atoms with Crippen molar-refractivity contribution in [3.63, 3.8) is 0 Å². The van der Waals surface area contributed by atoms with Crippen LogP contribution >= 0.6 is 23.4 Å². The van der Waals surface area contributed by atoms with Crippen molar-refractivity contribution in [2.75, 3.05) is 0 Å². The number of hydrogen-bond donors (Lipinski definition) is 2. The van der Waals surface area contributed by atoms with Crippen LogP contribution in [0.25, 0.3) is 23.1 Å². The first kappa shape index (κ1) is 30.8. The van der Waals surface area contributed by atoms with E-state index >= 15 is 0 Å². The molecule has 0 aliphatic heterocycles. The van der Waals surface area contributed by atoms with Crippen LogP contribution in [-0.2, 0) is 17.0 Å². The lowest BCUT2D eigenvalue weighted by molar-refractivity contribution is -0.139. The number of halogens is 1. The Morgan fingerprint density at radius 3 is 2.51 bits per heavy atom. The van der Waals surface area contributed by atoms with Gasteiger partial charge in [-0.3, -0.25) is 4.79 Å². The molecule has 0 aliphatic rings. The van der Waals surface area contributed by atoms with Crippen LogP contribution in [0.5, 0.6) is 0 Å². The zero-order chi connectivity index (χ0) is 29.4. The monoisotopic (exact) mass is 587 g/mol. The Balaban J connectivity index is 1.56. The Hall–Kier alpha value is -3.12. The van der Waals surface area contributed by atoms with Gasteiger partial charge in [-0.2, -0.15) is 0 Å². The maximum atomic E-state index is 11.4. The number of carboxylic acid groups (broad SMARTS) is 1. The third-order valence-electron chi connectivity index (χ3n) is 7.19. The molecule has 2 unspecified atom stereocenters. The highest BCUT2D eigenvalue weighted by atomic mass is 35.5. The Labute approximate surface area is 252 Å². The van der Waals surface area contributed by atoms with Gasteiger partial charge in [-0.25, -0.2) is 4.98 Å². The molecule has 0 amide bonds. The van der Waals surface area contributed by atoms with Gasteiger partial charge >= 0.3 is 5.97 Å². The second-order valence-corrected chi connectivity index (χ2v) is 13.1. The van der Waals surface area contributed by atoms with Crippen LogP contribution in [0.3, 0.4) is 0 Å². The van der Waals surface area contributed by atoms with E-state index in [2.05, 4.69) is 48.5 Å². The summed E-state index contributed by atoms with van der Waals surface area (Å²) in [6, 6.07) is 26.6. The van der Waals surface area contributed by atoms with Gasteiger partial charge in [0.05, 0.1) is 23.7 Å². The molecule has 1 heterocycles. The summed E-state index contributed by atoms with van der Waals surface area (Å²) in [6.45, 7) is 5.88. The lowest BCUT2D eigenvalue weighted by Gasteiger charge is -2.26. The predicted molar refractivity (Wildman–Crippen MR) is 173 cm³/mol. The molecule has 214 valence electrons. The summed E-state index contributed by atoms with van der Waals surface area (Å²) < 4.78 is 0. The SMILES string of the molecule is CC(O)Cc1ccccc1CSC(CCC(C)(C)CC(=O)O)c1cccc(C=Cc2ccc3ccc(Cl)cc3n2)c1. The summed E-state index contributed by atoms with van der Waals surface area (Å²) in [7, 11) is 0. The Kier molecular flexibility index (Phi) is 10.7. The minimum atomic E-state index is -0.761. The number of carbonyl (C=O) groups is 1. The maximum absolute atomic E-state index is 11.4. The van der Waals surface area contributed by atoms with Gasteiger partial charge in [-0.05, 0) is 78.1 Å². The number of aliphatic hydroxyl groups is 1. The second-order valence-electron chi connectivity index (χ2n) is 11.5. The summed E-state index contributed by atoms with van der Waals surface area (Å²) in [6.07, 6.45) is 6.14. The van der Waals surface area contributed by atoms with E-state index < -0.39 is 12.1 Å². The fraction of sp³-hybridized carbons (Fsp3) is 0.314. The zero-order valence-electron chi connectivity index (χ0n) is 23.9. The molecule has 41 heavy (non-hydrogen) atoms. The van der Waals surface area contributed by atoms with Crippen LogP contribution in [0.1, 0.15) is 73.2 Å². The van der Waals surface area contributed by atoms with Crippen molar-refractivity contribution < 1.29 is 15.0 Å². The van der Waals surface area contributed by atoms with Crippen molar-refractivity contribution in [2.24, 2.45) is 5.41 Å². The number of fused-ring (bicyclic) bond motifs is 1. The first-order valence-electron chi connectivity index (χ1n) is 14.0. The van der Waals surface area contributed by atoms with E-state index in [9.17, 15) is 15.0 Å². The van der Waals surface area contributed by atoms with Crippen molar-refractivity contribution in [2.45, 2.75) is 63.6 Å². The molecule has 0 saturated heterocycles. The third kappa shape index (κ3) is 9.46.